The van der Waals surface area contributed by atoms with Crippen molar-refractivity contribution in [3.05, 3.63) is 29.8 Å². The van der Waals surface area contributed by atoms with Gasteiger partial charge in [-0.15, -0.1) is 0 Å². The molecule has 1 nitrogen and oxygen atoms in total. The van der Waals surface area contributed by atoms with E-state index in [2.05, 4.69) is 12.6 Å². The van der Waals surface area contributed by atoms with Crippen molar-refractivity contribution in [3.8, 4) is 5.75 Å². The van der Waals surface area contributed by atoms with Gasteiger partial charge >= 0.3 is 0 Å². The van der Waals surface area contributed by atoms with E-state index in [0.717, 1.165) is 31.1 Å². The summed E-state index contributed by atoms with van der Waals surface area (Å²) in [5.74, 6) is -1.06. The Morgan fingerprint density at radius 3 is 2.62 bits per heavy atom. The van der Waals surface area contributed by atoms with E-state index in [-0.39, 0.29) is 11.2 Å². The molecule has 0 bridgehead atoms. The van der Waals surface area contributed by atoms with Gasteiger partial charge in [0.25, 0.3) is 0 Å². The lowest BCUT2D eigenvalue weighted by atomic mass is 9.71. The van der Waals surface area contributed by atoms with Gasteiger partial charge in [-0.25, -0.2) is 4.39 Å². The van der Waals surface area contributed by atoms with Gasteiger partial charge < -0.3 is 4.74 Å². The first-order valence-corrected chi connectivity index (χ1v) is 5.98. The lowest BCUT2D eigenvalue weighted by molar-refractivity contribution is 0.0800. The molecule has 88 valence electrons. The van der Waals surface area contributed by atoms with Crippen LogP contribution in [-0.4, -0.2) is 12.4 Å². The number of benzene rings is 1. The number of ether oxygens (including phenoxy) is 1. The maximum Gasteiger partial charge on any atom is 0.200 e. The van der Waals surface area contributed by atoms with Crippen LogP contribution in [0.3, 0.4) is 0 Å². The molecule has 4 heteroatoms. The summed E-state index contributed by atoms with van der Waals surface area (Å²) in [5.41, 5.74) is 0.0574. The summed E-state index contributed by atoms with van der Waals surface area (Å²) < 4.78 is 31.5. The number of hydrogen-bond donors (Lipinski definition) is 1. The minimum absolute atomic E-state index is 0.00643. The molecule has 0 aliphatic heterocycles. The summed E-state index contributed by atoms with van der Waals surface area (Å²) in [4.78, 5) is 0. The molecule has 0 heterocycles. The lowest BCUT2D eigenvalue weighted by Gasteiger charge is -2.40. The zero-order valence-corrected chi connectivity index (χ0v) is 9.77. The fraction of sp³-hybridized carbons (Fsp3) is 0.500. The van der Waals surface area contributed by atoms with Crippen molar-refractivity contribution in [2.75, 3.05) is 12.4 Å². The van der Waals surface area contributed by atoms with Crippen LogP contribution < -0.4 is 4.74 Å². The van der Waals surface area contributed by atoms with Crippen LogP contribution >= 0.6 is 12.6 Å². The second-order valence-corrected chi connectivity index (χ2v) is 4.67. The number of halogens is 2. The molecule has 0 atom stereocenters. The summed E-state index contributed by atoms with van der Waals surface area (Å²) in [5, 5.41) is 0. The van der Waals surface area contributed by atoms with Crippen LogP contribution in [-0.2, 0) is 0 Å². The molecule has 0 aromatic heterocycles. The third-order valence-electron chi connectivity index (χ3n) is 3.20. The van der Waals surface area contributed by atoms with Crippen LogP contribution in [0, 0.1) is 17.0 Å². The highest BCUT2D eigenvalue weighted by Gasteiger charge is 2.36. The second-order valence-electron chi connectivity index (χ2n) is 4.35. The Morgan fingerprint density at radius 1 is 1.31 bits per heavy atom. The average Bonchev–Trinajstić information content (AvgIpc) is 2.23. The fourth-order valence-corrected chi connectivity index (χ4v) is 2.26. The van der Waals surface area contributed by atoms with Gasteiger partial charge in [-0.1, -0.05) is 12.5 Å². The molecule has 2 rings (SSSR count). The molecule has 1 saturated carbocycles. The smallest absolute Gasteiger partial charge is 0.200 e. The maximum absolute atomic E-state index is 13.3. The fourth-order valence-electron chi connectivity index (χ4n) is 1.85. The Bertz CT molecular complexity index is 372. The number of thiol groups is 1. The van der Waals surface area contributed by atoms with E-state index in [0.29, 0.717) is 6.61 Å². The summed E-state index contributed by atoms with van der Waals surface area (Å²) in [6.45, 7) is 0.414. The first-order chi connectivity index (χ1) is 7.67. The van der Waals surface area contributed by atoms with Crippen LogP contribution in [0.2, 0.25) is 0 Å². The molecule has 1 fully saturated rings. The monoisotopic (exact) mass is 244 g/mol. The predicted octanol–water partition coefficient (Wildman–Crippen LogP) is 3.44. The second kappa shape index (κ2) is 4.62. The van der Waals surface area contributed by atoms with E-state index in [1.54, 1.807) is 0 Å². The van der Waals surface area contributed by atoms with Crippen molar-refractivity contribution in [2.45, 2.75) is 19.3 Å². The lowest BCUT2D eigenvalue weighted by Crippen LogP contribution is -2.37. The van der Waals surface area contributed by atoms with E-state index in [1.807, 2.05) is 0 Å². The van der Waals surface area contributed by atoms with Crippen LogP contribution in [0.25, 0.3) is 0 Å². The molecular weight excluding hydrogens is 230 g/mol. The molecule has 1 aliphatic carbocycles. The molecule has 0 unspecified atom stereocenters. The third-order valence-corrected chi connectivity index (χ3v) is 3.87. The van der Waals surface area contributed by atoms with Crippen LogP contribution in [0.15, 0.2) is 18.2 Å². The number of rotatable bonds is 4. The van der Waals surface area contributed by atoms with Gasteiger partial charge in [0.15, 0.2) is 11.6 Å². The van der Waals surface area contributed by atoms with Gasteiger partial charge in [-0.3, -0.25) is 0 Å². The van der Waals surface area contributed by atoms with Crippen molar-refractivity contribution < 1.29 is 13.5 Å². The van der Waals surface area contributed by atoms with E-state index < -0.39 is 11.6 Å². The SMILES string of the molecule is Fc1cccc(OCC2(CS)CCC2)c1F. The van der Waals surface area contributed by atoms with E-state index in [1.165, 1.54) is 12.1 Å². The molecular formula is C12H14F2OS. The molecule has 0 radical (unpaired) electrons. The molecule has 16 heavy (non-hydrogen) atoms. The minimum atomic E-state index is -0.906. The largest absolute Gasteiger partial charge is 0.490 e. The van der Waals surface area contributed by atoms with E-state index >= 15 is 0 Å². The first-order valence-electron chi connectivity index (χ1n) is 5.35. The zero-order valence-electron chi connectivity index (χ0n) is 8.88. The topological polar surface area (TPSA) is 9.23 Å². The van der Waals surface area contributed by atoms with Crippen LogP contribution in [0.1, 0.15) is 19.3 Å². The normalized spacial score (nSPS) is 17.9. The zero-order chi connectivity index (χ0) is 11.6. The Hall–Kier alpha value is -0.770. The highest BCUT2D eigenvalue weighted by molar-refractivity contribution is 7.80. The van der Waals surface area contributed by atoms with Gasteiger partial charge in [0, 0.05) is 5.41 Å². The minimum Gasteiger partial charge on any atom is -0.490 e. The van der Waals surface area contributed by atoms with Crippen molar-refractivity contribution in [2.24, 2.45) is 5.41 Å². The summed E-state index contributed by atoms with van der Waals surface area (Å²) in [6, 6.07) is 3.98. The molecule has 1 aromatic carbocycles. The molecule has 0 N–H and O–H groups in total. The van der Waals surface area contributed by atoms with E-state index in [4.69, 9.17) is 4.74 Å². The quantitative estimate of drug-likeness (QED) is 0.798. The highest BCUT2D eigenvalue weighted by Crippen LogP contribution is 2.42. The summed E-state index contributed by atoms with van der Waals surface area (Å²) in [7, 11) is 0. The van der Waals surface area contributed by atoms with E-state index in [9.17, 15) is 8.78 Å². The predicted molar refractivity (Wildman–Crippen MR) is 62.0 cm³/mol. The molecule has 0 spiro atoms. The first kappa shape index (κ1) is 11.7. The van der Waals surface area contributed by atoms with Gasteiger partial charge in [-0.2, -0.15) is 17.0 Å². The standard InChI is InChI=1S/C12H14F2OS/c13-9-3-1-4-10(11(9)14)15-7-12(8-16)5-2-6-12/h1,3-4,16H,2,5-8H2. The summed E-state index contributed by atoms with van der Waals surface area (Å²) >= 11 is 4.28. The third kappa shape index (κ3) is 2.17. The van der Waals surface area contributed by atoms with Crippen LogP contribution in [0.4, 0.5) is 8.78 Å². The molecule has 1 aromatic rings. The van der Waals surface area contributed by atoms with Crippen molar-refractivity contribution in [1.29, 1.82) is 0 Å². The maximum atomic E-state index is 13.3. The average molecular weight is 244 g/mol. The van der Waals surface area contributed by atoms with Crippen molar-refractivity contribution in [1.82, 2.24) is 0 Å². The molecule has 0 amide bonds. The van der Waals surface area contributed by atoms with Gasteiger partial charge in [0.1, 0.15) is 0 Å². The Morgan fingerprint density at radius 2 is 2.06 bits per heavy atom. The Balaban J connectivity index is 2.02. The van der Waals surface area contributed by atoms with Gasteiger partial charge in [-0.05, 0) is 30.7 Å². The summed E-state index contributed by atoms with van der Waals surface area (Å²) in [6.07, 6.45) is 3.26. The van der Waals surface area contributed by atoms with Crippen molar-refractivity contribution >= 4 is 12.6 Å². The van der Waals surface area contributed by atoms with Crippen LogP contribution in [0.5, 0.6) is 5.75 Å². The Kier molecular flexibility index (Phi) is 3.38. The Labute approximate surface area is 99.2 Å². The van der Waals surface area contributed by atoms with Crippen molar-refractivity contribution in [3.63, 3.8) is 0 Å². The molecule has 0 saturated heterocycles. The molecule has 1 aliphatic rings. The highest BCUT2D eigenvalue weighted by atomic mass is 32.1. The van der Waals surface area contributed by atoms with Gasteiger partial charge in [0.2, 0.25) is 5.82 Å². The van der Waals surface area contributed by atoms with Gasteiger partial charge in [0.05, 0.1) is 6.61 Å². The number of hydrogen-bond acceptors (Lipinski definition) is 2.